The maximum Gasteiger partial charge on any atom is 0.305 e. The van der Waals surface area contributed by atoms with Crippen molar-refractivity contribution in [2.45, 2.75) is 12.6 Å². The number of allylic oxidation sites excluding steroid dienone is 1. The molecule has 0 aromatic heterocycles. The molecule has 4 nitrogen and oxygen atoms in total. The number of carbonyl (C=O) groups is 1. The van der Waals surface area contributed by atoms with Crippen molar-refractivity contribution >= 4 is 11.6 Å². The predicted molar refractivity (Wildman–Crippen MR) is 66.9 cm³/mol. The van der Waals surface area contributed by atoms with Gasteiger partial charge in [0.1, 0.15) is 6.20 Å². The maximum absolute atomic E-state index is 12.2. The summed E-state index contributed by atoms with van der Waals surface area (Å²) in [7, 11) is 2.01. The quantitative estimate of drug-likeness (QED) is 0.525. The number of hydrogen-bond donors (Lipinski definition) is 2. The van der Waals surface area contributed by atoms with Gasteiger partial charge in [0.2, 0.25) is 0 Å². The van der Waals surface area contributed by atoms with Crippen LogP contribution in [0.3, 0.4) is 0 Å². The van der Waals surface area contributed by atoms with Crippen LogP contribution < -0.4 is 27.2 Å². The molecular formula is C14H14BrN3O. The summed E-state index contributed by atoms with van der Waals surface area (Å²) in [5.74, 6) is 0.0768. The first-order chi connectivity index (χ1) is 8.75. The largest absolute Gasteiger partial charge is 1.00 e. The average Bonchev–Trinajstić information content (AvgIpc) is 2.92. The van der Waals surface area contributed by atoms with Gasteiger partial charge < -0.3 is 22.3 Å². The van der Waals surface area contributed by atoms with E-state index in [0.29, 0.717) is 0 Å². The number of quaternary nitrogens is 1. The molecule has 5 heteroatoms. The standard InChI is InChI=1S/C14H13N3O.BrH/c1-16-6-7-17-11-8-9-4-2-3-5-10(9)12(11)15-13(18)14(16)17;/h2-7,14H,8H2,1H3,(H,15,18);1H. The van der Waals surface area contributed by atoms with Crippen LogP contribution in [0.25, 0.3) is 5.70 Å². The zero-order valence-electron chi connectivity index (χ0n) is 10.5. The zero-order valence-corrected chi connectivity index (χ0v) is 12.1. The minimum Gasteiger partial charge on any atom is -1.00 e. The minimum atomic E-state index is -0.141. The topological polar surface area (TPSA) is 36.8 Å². The van der Waals surface area contributed by atoms with Crippen molar-refractivity contribution in [3.05, 3.63) is 53.5 Å². The molecule has 1 aliphatic carbocycles. The highest BCUT2D eigenvalue weighted by molar-refractivity contribution is 5.95. The van der Waals surface area contributed by atoms with Crippen LogP contribution in [0, 0.1) is 0 Å². The molecule has 1 amide bonds. The van der Waals surface area contributed by atoms with Crippen LogP contribution in [0.15, 0.2) is 42.4 Å². The lowest BCUT2D eigenvalue weighted by Gasteiger charge is -2.31. The highest BCUT2D eigenvalue weighted by Crippen LogP contribution is 2.36. The van der Waals surface area contributed by atoms with Crippen LogP contribution >= 0.6 is 0 Å². The molecule has 0 bridgehead atoms. The average molecular weight is 320 g/mol. The first-order valence-electron chi connectivity index (χ1n) is 6.18. The molecule has 0 radical (unpaired) electrons. The third-order valence-corrected chi connectivity index (χ3v) is 3.95. The lowest BCUT2D eigenvalue weighted by atomic mass is 10.1. The highest BCUT2D eigenvalue weighted by atomic mass is 79.9. The van der Waals surface area contributed by atoms with Crippen molar-refractivity contribution in [2.75, 3.05) is 7.05 Å². The summed E-state index contributed by atoms with van der Waals surface area (Å²) in [6.45, 7) is 0. The first kappa shape index (κ1) is 12.4. The Morgan fingerprint density at radius 3 is 3.00 bits per heavy atom. The van der Waals surface area contributed by atoms with Crippen LogP contribution in [0.5, 0.6) is 0 Å². The smallest absolute Gasteiger partial charge is 0.305 e. The molecule has 4 rings (SSSR count). The molecular weight excluding hydrogens is 306 g/mol. The number of amides is 1. The van der Waals surface area contributed by atoms with Gasteiger partial charge in [0.05, 0.1) is 24.6 Å². The number of likely N-dealkylation sites (N-methyl/N-ethyl adjacent to an activating group) is 1. The monoisotopic (exact) mass is 319 g/mol. The molecule has 2 atom stereocenters. The molecule has 3 aliphatic rings. The maximum atomic E-state index is 12.2. The van der Waals surface area contributed by atoms with Crippen molar-refractivity contribution in [3.8, 4) is 0 Å². The van der Waals surface area contributed by atoms with Gasteiger partial charge in [-0.25, -0.2) is 0 Å². The molecule has 1 aromatic carbocycles. The Morgan fingerprint density at radius 2 is 2.16 bits per heavy atom. The summed E-state index contributed by atoms with van der Waals surface area (Å²) in [5, 5.41) is 3.07. The number of hydrogen-bond acceptors (Lipinski definition) is 2. The van der Waals surface area contributed by atoms with Crippen LogP contribution in [0.1, 0.15) is 11.1 Å². The summed E-state index contributed by atoms with van der Waals surface area (Å²) in [6.07, 6.45) is 4.82. The van der Waals surface area contributed by atoms with Gasteiger partial charge in [-0.15, -0.1) is 0 Å². The Bertz CT molecular complexity index is 623. The van der Waals surface area contributed by atoms with E-state index in [-0.39, 0.29) is 29.1 Å². The van der Waals surface area contributed by atoms with E-state index < -0.39 is 0 Å². The second-order valence-corrected chi connectivity index (χ2v) is 5.01. The second kappa shape index (κ2) is 4.21. The number of rotatable bonds is 0. The Hall–Kier alpha value is -1.59. The molecule has 0 saturated heterocycles. The Balaban J connectivity index is 0.00000110. The number of benzene rings is 1. The predicted octanol–water partition coefficient (Wildman–Crippen LogP) is -3.33. The lowest BCUT2D eigenvalue weighted by Crippen LogP contribution is -3.10. The molecule has 2 N–H and O–H groups in total. The second-order valence-electron chi connectivity index (χ2n) is 5.01. The highest BCUT2D eigenvalue weighted by Gasteiger charge is 2.44. The molecule has 2 unspecified atom stereocenters. The minimum absolute atomic E-state index is 0. The summed E-state index contributed by atoms with van der Waals surface area (Å²) < 4.78 is 0. The van der Waals surface area contributed by atoms with Crippen molar-refractivity contribution in [1.82, 2.24) is 10.2 Å². The van der Waals surface area contributed by atoms with Crippen molar-refractivity contribution in [2.24, 2.45) is 0 Å². The summed E-state index contributed by atoms with van der Waals surface area (Å²) >= 11 is 0. The van der Waals surface area contributed by atoms with E-state index in [1.54, 1.807) is 0 Å². The normalized spacial score (nSPS) is 26.6. The fourth-order valence-corrected chi connectivity index (χ4v) is 3.07. The Morgan fingerprint density at radius 1 is 1.37 bits per heavy atom. The molecule has 0 spiro atoms. The van der Waals surface area contributed by atoms with E-state index in [1.807, 2.05) is 31.6 Å². The third-order valence-electron chi connectivity index (χ3n) is 3.95. The molecule has 2 heterocycles. The van der Waals surface area contributed by atoms with Gasteiger partial charge in [-0.3, -0.25) is 14.6 Å². The fourth-order valence-electron chi connectivity index (χ4n) is 3.07. The Labute approximate surface area is 122 Å². The molecule has 98 valence electrons. The van der Waals surface area contributed by atoms with Gasteiger partial charge in [0.25, 0.3) is 6.17 Å². The SMILES string of the molecule is C[NH+]1C=CN2C3=C(NC(=O)C21)c1ccccc1C3.[Br-]. The van der Waals surface area contributed by atoms with Gasteiger partial charge in [0.15, 0.2) is 0 Å². The van der Waals surface area contributed by atoms with E-state index in [0.717, 1.165) is 22.6 Å². The summed E-state index contributed by atoms with van der Waals surface area (Å²) in [6, 6.07) is 8.28. The van der Waals surface area contributed by atoms with Crippen molar-refractivity contribution in [3.63, 3.8) is 0 Å². The molecule has 1 aromatic rings. The Kier molecular flexibility index (Phi) is 2.76. The molecule has 0 fully saturated rings. The van der Waals surface area contributed by atoms with Gasteiger partial charge in [-0.1, -0.05) is 24.3 Å². The molecule has 19 heavy (non-hydrogen) atoms. The van der Waals surface area contributed by atoms with Crippen LogP contribution in [0.2, 0.25) is 0 Å². The number of carbonyl (C=O) groups excluding carboxylic acids is 1. The van der Waals surface area contributed by atoms with E-state index >= 15 is 0 Å². The molecule has 0 saturated carbocycles. The number of nitrogens with zero attached hydrogens (tertiary/aromatic N) is 1. The van der Waals surface area contributed by atoms with Crippen LogP contribution in [0.4, 0.5) is 0 Å². The fraction of sp³-hybridized carbons (Fsp3) is 0.214. The first-order valence-corrected chi connectivity index (χ1v) is 6.18. The number of halogens is 1. The van der Waals surface area contributed by atoms with E-state index in [4.69, 9.17) is 0 Å². The van der Waals surface area contributed by atoms with Gasteiger partial charge in [0, 0.05) is 12.0 Å². The summed E-state index contributed by atoms with van der Waals surface area (Å²) in [4.78, 5) is 15.4. The third kappa shape index (κ3) is 1.58. The number of fused-ring (bicyclic) bond motifs is 4. The van der Waals surface area contributed by atoms with Crippen LogP contribution in [-0.4, -0.2) is 24.0 Å². The lowest BCUT2D eigenvalue weighted by molar-refractivity contribution is -0.845. The van der Waals surface area contributed by atoms with E-state index in [2.05, 4.69) is 22.3 Å². The van der Waals surface area contributed by atoms with Crippen molar-refractivity contribution < 1.29 is 26.7 Å². The van der Waals surface area contributed by atoms with Gasteiger partial charge in [-0.05, 0) is 5.56 Å². The van der Waals surface area contributed by atoms with Gasteiger partial charge in [-0.2, -0.15) is 0 Å². The molecule has 2 aliphatic heterocycles. The zero-order chi connectivity index (χ0) is 12.3. The van der Waals surface area contributed by atoms with Crippen molar-refractivity contribution in [1.29, 1.82) is 0 Å². The summed E-state index contributed by atoms with van der Waals surface area (Å²) in [5.41, 5.74) is 4.67. The van der Waals surface area contributed by atoms with E-state index in [9.17, 15) is 4.79 Å². The number of nitrogens with one attached hydrogen (secondary N) is 2. The van der Waals surface area contributed by atoms with Crippen LogP contribution in [-0.2, 0) is 11.2 Å². The van der Waals surface area contributed by atoms with Gasteiger partial charge >= 0.3 is 5.91 Å². The van der Waals surface area contributed by atoms with E-state index in [1.165, 1.54) is 11.3 Å².